The SMILES string of the molecule is Cc1nc(-c2ccccc2)sc1C(=O)N(C)C(C)c1ccncc1. The molecule has 1 aromatic carbocycles. The second-order valence-electron chi connectivity index (χ2n) is 5.67. The fourth-order valence-electron chi connectivity index (χ4n) is 2.50. The fraction of sp³-hybridized carbons (Fsp3) is 0.211. The van der Waals surface area contributed by atoms with Crippen LogP contribution in [-0.2, 0) is 0 Å². The Morgan fingerprint density at radius 2 is 1.79 bits per heavy atom. The van der Waals surface area contributed by atoms with Crippen LogP contribution in [0.15, 0.2) is 54.9 Å². The summed E-state index contributed by atoms with van der Waals surface area (Å²) < 4.78 is 0. The Morgan fingerprint density at radius 3 is 2.46 bits per heavy atom. The number of amides is 1. The van der Waals surface area contributed by atoms with Gasteiger partial charge in [0.25, 0.3) is 5.91 Å². The number of carbonyl (C=O) groups excluding carboxylic acids is 1. The highest BCUT2D eigenvalue weighted by Crippen LogP contribution is 2.30. The Kier molecular flexibility index (Phi) is 4.71. The molecule has 122 valence electrons. The third kappa shape index (κ3) is 3.21. The molecule has 2 heterocycles. The third-order valence-electron chi connectivity index (χ3n) is 4.10. The maximum absolute atomic E-state index is 12.9. The zero-order valence-corrected chi connectivity index (χ0v) is 14.7. The quantitative estimate of drug-likeness (QED) is 0.711. The van der Waals surface area contributed by atoms with Crippen LogP contribution >= 0.6 is 11.3 Å². The van der Waals surface area contributed by atoms with Crippen LogP contribution in [0.4, 0.5) is 0 Å². The molecule has 0 saturated carbocycles. The Bertz CT molecular complexity index is 830. The molecule has 4 nitrogen and oxygen atoms in total. The van der Waals surface area contributed by atoms with Gasteiger partial charge in [0.05, 0.1) is 11.7 Å². The van der Waals surface area contributed by atoms with Crippen molar-refractivity contribution in [1.29, 1.82) is 0 Å². The van der Waals surface area contributed by atoms with Crippen LogP contribution in [0.1, 0.15) is 33.9 Å². The maximum Gasteiger partial charge on any atom is 0.266 e. The topological polar surface area (TPSA) is 46.1 Å². The first-order valence-electron chi connectivity index (χ1n) is 7.78. The van der Waals surface area contributed by atoms with Crippen molar-refractivity contribution in [2.45, 2.75) is 19.9 Å². The molecule has 24 heavy (non-hydrogen) atoms. The molecule has 1 amide bonds. The third-order valence-corrected chi connectivity index (χ3v) is 5.30. The predicted molar refractivity (Wildman–Crippen MR) is 97.0 cm³/mol. The first-order valence-corrected chi connectivity index (χ1v) is 8.59. The van der Waals surface area contributed by atoms with Gasteiger partial charge in [-0.15, -0.1) is 11.3 Å². The molecule has 0 aliphatic carbocycles. The van der Waals surface area contributed by atoms with Gasteiger partial charge >= 0.3 is 0 Å². The van der Waals surface area contributed by atoms with Gasteiger partial charge in [-0.1, -0.05) is 30.3 Å². The average Bonchev–Trinajstić information content (AvgIpc) is 3.03. The summed E-state index contributed by atoms with van der Waals surface area (Å²) in [6.45, 7) is 3.91. The van der Waals surface area contributed by atoms with E-state index in [-0.39, 0.29) is 11.9 Å². The highest BCUT2D eigenvalue weighted by atomic mass is 32.1. The molecule has 0 radical (unpaired) electrons. The van der Waals surface area contributed by atoms with E-state index in [1.807, 2.05) is 63.4 Å². The van der Waals surface area contributed by atoms with Crippen LogP contribution in [0.25, 0.3) is 10.6 Å². The van der Waals surface area contributed by atoms with E-state index in [1.165, 1.54) is 11.3 Å². The number of aryl methyl sites for hydroxylation is 1. The van der Waals surface area contributed by atoms with Crippen molar-refractivity contribution in [2.24, 2.45) is 0 Å². The zero-order valence-electron chi connectivity index (χ0n) is 13.9. The Morgan fingerprint density at radius 1 is 1.12 bits per heavy atom. The van der Waals surface area contributed by atoms with Crippen molar-refractivity contribution in [3.63, 3.8) is 0 Å². The summed E-state index contributed by atoms with van der Waals surface area (Å²) in [5, 5.41) is 0.876. The predicted octanol–water partition coefficient (Wildman–Crippen LogP) is 4.35. The van der Waals surface area contributed by atoms with Crippen molar-refractivity contribution in [1.82, 2.24) is 14.9 Å². The highest BCUT2D eigenvalue weighted by Gasteiger charge is 2.23. The minimum atomic E-state index is -0.0258. The molecule has 3 aromatic rings. The van der Waals surface area contributed by atoms with Gasteiger partial charge in [0.1, 0.15) is 9.88 Å². The Balaban J connectivity index is 1.86. The van der Waals surface area contributed by atoms with Gasteiger partial charge in [-0.25, -0.2) is 4.98 Å². The number of hydrogen-bond donors (Lipinski definition) is 0. The van der Waals surface area contributed by atoms with Crippen molar-refractivity contribution in [3.05, 3.63) is 71.0 Å². The molecular formula is C19H19N3OS. The molecule has 1 atom stereocenters. The summed E-state index contributed by atoms with van der Waals surface area (Å²) in [4.78, 5) is 24.0. The van der Waals surface area contributed by atoms with Gasteiger partial charge in [0, 0.05) is 25.0 Å². The standard InChI is InChI=1S/C19H19N3OS/c1-13-17(24-18(21-13)16-7-5-4-6-8-16)19(23)22(3)14(2)15-9-11-20-12-10-15/h4-12,14H,1-3H3. The van der Waals surface area contributed by atoms with Crippen molar-refractivity contribution < 1.29 is 4.79 Å². The van der Waals surface area contributed by atoms with Gasteiger partial charge in [-0.2, -0.15) is 0 Å². The van der Waals surface area contributed by atoms with Gasteiger partial charge in [0.15, 0.2) is 0 Å². The number of pyridine rings is 1. The van der Waals surface area contributed by atoms with Crippen LogP contribution in [0.2, 0.25) is 0 Å². The summed E-state index contributed by atoms with van der Waals surface area (Å²) >= 11 is 1.45. The summed E-state index contributed by atoms with van der Waals surface area (Å²) in [5.74, 6) is -0.00325. The van der Waals surface area contributed by atoms with Gasteiger partial charge in [-0.05, 0) is 31.5 Å². The lowest BCUT2D eigenvalue weighted by Crippen LogP contribution is -2.29. The highest BCUT2D eigenvalue weighted by molar-refractivity contribution is 7.17. The number of carbonyl (C=O) groups is 1. The molecule has 2 aromatic heterocycles. The smallest absolute Gasteiger partial charge is 0.266 e. The van der Waals surface area contributed by atoms with Gasteiger partial charge < -0.3 is 4.90 Å². The Labute approximate surface area is 145 Å². The summed E-state index contributed by atoms with van der Waals surface area (Å²) in [6.07, 6.45) is 3.49. The van der Waals surface area contributed by atoms with E-state index in [0.29, 0.717) is 4.88 Å². The fourth-order valence-corrected chi connectivity index (χ4v) is 3.56. The minimum Gasteiger partial charge on any atom is -0.334 e. The van der Waals surface area contributed by atoms with Crippen molar-refractivity contribution in [2.75, 3.05) is 7.05 Å². The van der Waals surface area contributed by atoms with E-state index in [4.69, 9.17) is 0 Å². The van der Waals surface area contributed by atoms with Crippen LogP contribution < -0.4 is 0 Å². The molecule has 0 aliphatic heterocycles. The molecule has 0 N–H and O–H groups in total. The second-order valence-corrected chi connectivity index (χ2v) is 6.67. The molecule has 0 spiro atoms. The van der Waals surface area contributed by atoms with E-state index in [1.54, 1.807) is 17.3 Å². The average molecular weight is 337 g/mol. The molecule has 0 bridgehead atoms. The van der Waals surface area contributed by atoms with E-state index in [2.05, 4.69) is 9.97 Å². The lowest BCUT2D eigenvalue weighted by Gasteiger charge is -2.24. The molecule has 0 aliphatic rings. The number of aromatic nitrogens is 2. The van der Waals surface area contributed by atoms with E-state index < -0.39 is 0 Å². The summed E-state index contributed by atoms with van der Waals surface area (Å²) in [7, 11) is 1.83. The normalized spacial score (nSPS) is 12.0. The number of nitrogens with zero attached hydrogens (tertiary/aromatic N) is 3. The second kappa shape index (κ2) is 6.93. The van der Waals surface area contributed by atoms with Gasteiger partial charge in [-0.3, -0.25) is 9.78 Å². The van der Waals surface area contributed by atoms with Crippen molar-refractivity contribution >= 4 is 17.2 Å². The molecule has 0 fully saturated rings. The van der Waals surface area contributed by atoms with Crippen molar-refractivity contribution in [3.8, 4) is 10.6 Å². The number of benzene rings is 1. The Hall–Kier alpha value is -2.53. The van der Waals surface area contributed by atoms with E-state index >= 15 is 0 Å². The van der Waals surface area contributed by atoms with Crippen LogP contribution in [0.5, 0.6) is 0 Å². The monoisotopic (exact) mass is 337 g/mol. The van der Waals surface area contributed by atoms with Gasteiger partial charge in [0.2, 0.25) is 0 Å². The lowest BCUT2D eigenvalue weighted by atomic mass is 10.1. The summed E-state index contributed by atoms with van der Waals surface area (Å²) in [5.41, 5.74) is 2.87. The number of hydrogen-bond acceptors (Lipinski definition) is 4. The van der Waals surface area contributed by atoms with Crippen LogP contribution in [-0.4, -0.2) is 27.8 Å². The molecule has 1 unspecified atom stereocenters. The summed E-state index contributed by atoms with van der Waals surface area (Å²) in [6, 6.07) is 13.8. The maximum atomic E-state index is 12.9. The first kappa shape index (κ1) is 16.3. The van der Waals surface area contributed by atoms with Crippen LogP contribution in [0.3, 0.4) is 0 Å². The molecule has 3 rings (SSSR count). The first-order chi connectivity index (χ1) is 11.6. The van der Waals surface area contributed by atoms with E-state index in [9.17, 15) is 4.79 Å². The minimum absolute atomic E-state index is 0.00325. The lowest BCUT2D eigenvalue weighted by molar-refractivity contribution is 0.0746. The number of rotatable bonds is 4. The largest absolute Gasteiger partial charge is 0.334 e. The molecule has 5 heteroatoms. The molecular weight excluding hydrogens is 318 g/mol. The van der Waals surface area contributed by atoms with Crippen LogP contribution in [0, 0.1) is 6.92 Å². The number of thiazole rings is 1. The molecule has 0 saturated heterocycles. The van der Waals surface area contributed by atoms with E-state index in [0.717, 1.165) is 21.8 Å². The zero-order chi connectivity index (χ0) is 17.1.